The molecular weight excluding hydrogens is 205 g/mol. The number of nitrogens with one attached hydrogen (secondary N) is 1. The van der Waals surface area contributed by atoms with Gasteiger partial charge in [-0.25, -0.2) is 4.39 Å². The van der Waals surface area contributed by atoms with E-state index in [0.717, 1.165) is 24.9 Å². The summed E-state index contributed by atoms with van der Waals surface area (Å²) in [6, 6.07) is 5.32. The van der Waals surface area contributed by atoms with Crippen LogP contribution in [0.3, 0.4) is 0 Å². The minimum absolute atomic E-state index is 0.223. The van der Waals surface area contributed by atoms with E-state index in [9.17, 15) is 4.39 Å². The molecule has 0 saturated heterocycles. The summed E-state index contributed by atoms with van der Waals surface area (Å²) in [6.45, 7) is 3.03. The minimum Gasteiger partial charge on any atom is -0.494 e. The van der Waals surface area contributed by atoms with Crippen LogP contribution >= 0.6 is 0 Å². The summed E-state index contributed by atoms with van der Waals surface area (Å²) in [4.78, 5) is 0. The molecule has 0 heterocycles. The highest BCUT2D eigenvalue weighted by atomic mass is 19.1. The lowest BCUT2D eigenvalue weighted by atomic mass is 9.96. The molecule has 1 N–H and O–H groups in total. The van der Waals surface area contributed by atoms with Crippen LogP contribution in [0.15, 0.2) is 18.2 Å². The topological polar surface area (TPSA) is 21.3 Å². The number of ether oxygens (including phenoxy) is 1. The van der Waals surface area contributed by atoms with Gasteiger partial charge < -0.3 is 10.1 Å². The van der Waals surface area contributed by atoms with Gasteiger partial charge in [0.05, 0.1) is 7.11 Å². The maximum Gasteiger partial charge on any atom is 0.168 e. The van der Waals surface area contributed by atoms with Crippen LogP contribution in [-0.2, 0) is 6.42 Å². The Morgan fingerprint density at radius 2 is 2.19 bits per heavy atom. The van der Waals surface area contributed by atoms with Gasteiger partial charge in [-0.2, -0.15) is 0 Å². The molecule has 0 aliphatic carbocycles. The molecule has 1 aromatic carbocycles. The number of hydrogen-bond donors (Lipinski definition) is 1. The maximum atomic E-state index is 13.9. The van der Waals surface area contributed by atoms with Crippen LogP contribution in [-0.4, -0.2) is 20.7 Å². The van der Waals surface area contributed by atoms with E-state index in [1.807, 2.05) is 19.2 Å². The monoisotopic (exact) mass is 225 g/mol. The number of benzene rings is 1. The van der Waals surface area contributed by atoms with Crippen molar-refractivity contribution in [2.24, 2.45) is 5.92 Å². The predicted octanol–water partition coefficient (Wildman–Crippen LogP) is 2.62. The second-order valence-electron chi connectivity index (χ2n) is 3.97. The van der Waals surface area contributed by atoms with Crippen molar-refractivity contribution in [2.75, 3.05) is 20.7 Å². The van der Waals surface area contributed by atoms with Crippen molar-refractivity contribution >= 4 is 0 Å². The smallest absolute Gasteiger partial charge is 0.168 e. The van der Waals surface area contributed by atoms with Crippen molar-refractivity contribution in [3.8, 4) is 5.75 Å². The van der Waals surface area contributed by atoms with Gasteiger partial charge in [-0.1, -0.05) is 25.5 Å². The number of methoxy groups -OCH3 is 1. The molecule has 0 spiro atoms. The molecule has 0 aromatic heterocycles. The summed E-state index contributed by atoms with van der Waals surface area (Å²) >= 11 is 0. The Bertz CT molecular complexity index is 328. The quantitative estimate of drug-likeness (QED) is 0.803. The van der Waals surface area contributed by atoms with Crippen LogP contribution in [0.4, 0.5) is 4.39 Å². The fourth-order valence-electron chi connectivity index (χ4n) is 1.83. The van der Waals surface area contributed by atoms with E-state index in [-0.39, 0.29) is 5.82 Å². The van der Waals surface area contributed by atoms with Crippen LogP contribution in [0, 0.1) is 11.7 Å². The zero-order chi connectivity index (χ0) is 12.0. The Hall–Kier alpha value is -1.09. The highest BCUT2D eigenvalue weighted by molar-refractivity contribution is 5.31. The van der Waals surface area contributed by atoms with Gasteiger partial charge in [-0.15, -0.1) is 0 Å². The molecule has 1 atom stereocenters. The maximum absolute atomic E-state index is 13.9. The summed E-state index contributed by atoms with van der Waals surface area (Å²) in [5.74, 6) is 0.572. The average molecular weight is 225 g/mol. The molecule has 2 nitrogen and oxygen atoms in total. The Morgan fingerprint density at radius 1 is 1.44 bits per heavy atom. The summed E-state index contributed by atoms with van der Waals surface area (Å²) in [7, 11) is 3.41. The van der Waals surface area contributed by atoms with Gasteiger partial charge in [0.1, 0.15) is 0 Å². The third-order valence-corrected chi connectivity index (χ3v) is 2.84. The standard InChI is InChI=1S/C13H20FNO/c1-4-10(9-15-2)8-11-6-5-7-12(16-3)13(11)14/h5-7,10,15H,4,8-9H2,1-3H3. The van der Waals surface area contributed by atoms with Crippen molar-refractivity contribution in [1.29, 1.82) is 0 Å². The molecule has 0 radical (unpaired) electrons. The molecule has 1 unspecified atom stereocenters. The van der Waals surface area contributed by atoms with Gasteiger partial charge >= 0.3 is 0 Å². The summed E-state index contributed by atoms with van der Waals surface area (Å²) in [5.41, 5.74) is 0.737. The van der Waals surface area contributed by atoms with E-state index in [0.29, 0.717) is 11.7 Å². The van der Waals surface area contributed by atoms with E-state index in [4.69, 9.17) is 4.74 Å². The summed E-state index contributed by atoms with van der Waals surface area (Å²) in [5, 5.41) is 3.13. The molecule has 1 aromatic rings. The van der Waals surface area contributed by atoms with Crippen molar-refractivity contribution in [3.63, 3.8) is 0 Å². The van der Waals surface area contributed by atoms with Crippen LogP contribution in [0.25, 0.3) is 0 Å². The lowest BCUT2D eigenvalue weighted by Crippen LogP contribution is -2.20. The summed E-state index contributed by atoms with van der Waals surface area (Å²) < 4.78 is 18.8. The lowest BCUT2D eigenvalue weighted by Gasteiger charge is -2.15. The third kappa shape index (κ3) is 3.20. The summed E-state index contributed by atoms with van der Waals surface area (Å²) in [6.07, 6.45) is 1.79. The van der Waals surface area contributed by atoms with Gasteiger partial charge in [0, 0.05) is 0 Å². The molecular formula is C13H20FNO. The zero-order valence-corrected chi connectivity index (χ0v) is 10.2. The first kappa shape index (κ1) is 13.0. The Morgan fingerprint density at radius 3 is 2.75 bits per heavy atom. The molecule has 0 aliphatic rings. The minimum atomic E-state index is -0.223. The average Bonchev–Trinajstić information content (AvgIpc) is 2.31. The molecule has 90 valence electrons. The van der Waals surface area contributed by atoms with Crippen molar-refractivity contribution in [1.82, 2.24) is 5.32 Å². The van der Waals surface area contributed by atoms with Crippen molar-refractivity contribution in [2.45, 2.75) is 19.8 Å². The Labute approximate surface area is 96.8 Å². The first-order valence-electron chi connectivity index (χ1n) is 5.68. The Kier molecular flexibility index (Phi) is 5.26. The highest BCUT2D eigenvalue weighted by Gasteiger charge is 2.12. The zero-order valence-electron chi connectivity index (χ0n) is 10.2. The number of halogens is 1. The molecule has 16 heavy (non-hydrogen) atoms. The van der Waals surface area contributed by atoms with Gasteiger partial charge in [-0.05, 0) is 37.6 Å². The second kappa shape index (κ2) is 6.48. The largest absolute Gasteiger partial charge is 0.494 e. The lowest BCUT2D eigenvalue weighted by molar-refractivity contribution is 0.380. The SMILES string of the molecule is CCC(CNC)Cc1cccc(OC)c1F. The van der Waals surface area contributed by atoms with Gasteiger partial charge in [-0.3, -0.25) is 0 Å². The molecule has 3 heteroatoms. The van der Waals surface area contributed by atoms with Crippen molar-refractivity contribution in [3.05, 3.63) is 29.6 Å². The van der Waals surface area contributed by atoms with E-state index < -0.39 is 0 Å². The van der Waals surface area contributed by atoms with E-state index >= 15 is 0 Å². The molecule has 1 rings (SSSR count). The van der Waals surface area contributed by atoms with Crippen molar-refractivity contribution < 1.29 is 9.13 Å². The van der Waals surface area contributed by atoms with Crippen LogP contribution in [0.5, 0.6) is 5.75 Å². The van der Waals surface area contributed by atoms with E-state index in [1.54, 1.807) is 6.07 Å². The van der Waals surface area contributed by atoms with E-state index in [2.05, 4.69) is 12.2 Å². The predicted molar refractivity (Wildman–Crippen MR) is 64.4 cm³/mol. The fourth-order valence-corrected chi connectivity index (χ4v) is 1.83. The first-order chi connectivity index (χ1) is 7.72. The number of hydrogen-bond acceptors (Lipinski definition) is 2. The van der Waals surface area contributed by atoms with E-state index in [1.165, 1.54) is 7.11 Å². The Balaban J connectivity index is 2.79. The fraction of sp³-hybridized carbons (Fsp3) is 0.538. The molecule has 0 fully saturated rings. The molecule has 0 amide bonds. The molecule has 0 bridgehead atoms. The van der Waals surface area contributed by atoms with Gasteiger partial charge in [0.25, 0.3) is 0 Å². The second-order valence-corrected chi connectivity index (χ2v) is 3.97. The van der Waals surface area contributed by atoms with Crippen LogP contribution < -0.4 is 10.1 Å². The number of rotatable bonds is 6. The van der Waals surface area contributed by atoms with Crippen LogP contribution in [0.2, 0.25) is 0 Å². The molecule has 0 saturated carbocycles. The van der Waals surface area contributed by atoms with Gasteiger partial charge in [0.15, 0.2) is 11.6 Å². The highest BCUT2D eigenvalue weighted by Crippen LogP contribution is 2.22. The third-order valence-electron chi connectivity index (χ3n) is 2.84. The first-order valence-corrected chi connectivity index (χ1v) is 5.68. The van der Waals surface area contributed by atoms with Gasteiger partial charge in [0.2, 0.25) is 0 Å². The normalized spacial score (nSPS) is 12.5. The van der Waals surface area contributed by atoms with Crippen LogP contribution in [0.1, 0.15) is 18.9 Å². The molecule has 0 aliphatic heterocycles.